The Balaban J connectivity index is 3.33. The zero-order chi connectivity index (χ0) is 64.2. The van der Waals surface area contributed by atoms with Crippen LogP contribution in [0.25, 0.3) is 0 Å². The highest BCUT2D eigenvalue weighted by atomic mass is 16.5. The molecule has 0 aromatic heterocycles. The second kappa shape index (κ2) is 79.0. The van der Waals surface area contributed by atoms with Crippen molar-refractivity contribution in [3.8, 4) is 0 Å². The maximum absolute atomic E-state index is 12.6. The van der Waals surface area contributed by atoms with Crippen LogP contribution < -0.4 is 5.32 Å². The van der Waals surface area contributed by atoms with Gasteiger partial charge in [-0.15, -0.1) is 0 Å². The van der Waals surface area contributed by atoms with Gasteiger partial charge in [-0.05, 0) is 32.1 Å². The first kappa shape index (κ1) is 87.6. The summed E-state index contributed by atoms with van der Waals surface area (Å²) < 4.78 is 5.50. The van der Waals surface area contributed by atoms with Crippen molar-refractivity contribution < 1.29 is 24.5 Å². The number of aliphatic hydroxyl groups is 2. The number of nitrogens with one attached hydrogen (secondary N) is 1. The molecule has 1 amide bonds. The summed E-state index contributed by atoms with van der Waals surface area (Å²) >= 11 is 0. The number of hydrogen-bond acceptors (Lipinski definition) is 5. The number of ether oxygens (including phenoxy) is 1. The van der Waals surface area contributed by atoms with E-state index in [1.165, 1.54) is 417 Å². The summed E-state index contributed by atoms with van der Waals surface area (Å²) in [5.41, 5.74) is 0. The Kier molecular flexibility index (Phi) is 77.8. The molecule has 0 heterocycles. The fraction of sp³-hybridized carbons (Fsp3) is 0.952. The predicted octanol–water partition coefficient (Wildman–Crippen LogP) is 27.4. The largest absolute Gasteiger partial charge is 0.466 e. The SMILES string of the molecule is CCCCCCCCCCCCCCCCCCCCCCCC/C=C/C(O)C(CO)NC(=O)CCCCCCCCCCCCCCCCCCCCCCCCCCCCCCCCCCCCCOC(=O)CCCCCCCCCCCCCCC. The van der Waals surface area contributed by atoms with Gasteiger partial charge in [-0.2, -0.15) is 0 Å². The lowest BCUT2D eigenvalue weighted by atomic mass is 10.0. The van der Waals surface area contributed by atoms with Crippen molar-refractivity contribution in [3.05, 3.63) is 12.2 Å². The molecule has 0 fully saturated rings. The topological polar surface area (TPSA) is 95.9 Å². The summed E-state index contributed by atoms with van der Waals surface area (Å²) in [6.45, 7) is 4.97. The van der Waals surface area contributed by atoms with E-state index in [1.807, 2.05) is 6.08 Å². The van der Waals surface area contributed by atoms with E-state index in [0.29, 0.717) is 19.4 Å². The van der Waals surface area contributed by atoms with E-state index in [4.69, 9.17) is 4.74 Å². The summed E-state index contributed by atoms with van der Waals surface area (Å²) in [5, 5.41) is 23.3. The van der Waals surface area contributed by atoms with Crippen molar-refractivity contribution in [2.75, 3.05) is 13.2 Å². The van der Waals surface area contributed by atoms with Crippen molar-refractivity contribution in [2.24, 2.45) is 0 Å². The van der Waals surface area contributed by atoms with Gasteiger partial charge in [-0.3, -0.25) is 9.59 Å². The van der Waals surface area contributed by atoms with E-state index in [9.17, 15) is 19.8 Å². The van der Waals surface area contributed by atoms with E-state index >= 15 is 0 Å². The van der Waals surface area contributed by atoms with Gasteiger partial charge in [0.15, 0.2) is 0 Å². The first-order valence-corrected chi connectivity index (χ1v) is 41.5. The zero-order valence-electron chi connectivity index (χ0n) is 61.0. The van der Waals surface area contributed by atoms with E-state index < -0.39 is 12.1 Å². The minimum Gasteiger partial charge on any atom is -0.466 e. The summed E-state index contributed by atoms with van der Waals surface area (Å²) in [5.74, 6) is -0.0315. The number of carbonyl (C=O) groups excluding carboxylic acids is 2. The molecule has 0 aliphatic rings. The van der Waals surface area contributed by atoms with Gasteiger partial charge in [-0.25, -0.2) is 0 Å². The maximum atomic E-state index is 12.6. The van der Waals surface area contributed by atoms with Gasteiger partial charge in [0.25, 0.3) is 0 Å². The first-order valence-electron chi connectivity index (χ1n) is 41.5. The van der Waals surface area contributed by atoms with Gasteiger partial charge in [0, 0.05) is 12.8 Å². The molecule has 530 valence electrons. The molecule has 89 heavy (non-hydrogen) atoms. The third-order valence-electron chi connectivity index (χ3n) is 19.8. The Hall–Kier alpha value is -1.40. The van der Waals surface area contributed by atoms with Crippen LogP contribution in [0.15, 0.2) is 12.2 Å². The number of aliphatic hydroxyl groups excluding tert-OH is 2. The van der Waals surface area contributed by atoms with Crippen molar-refractivity contribution in [1.82, 2.24) is 5.32 Å². The fourth-order valence-corrected chi connectivity index (χ4v) is 13.5. The molecule has 3 N–H and O–H groups in total. The Morgan fingerprint density at radius 1 is 0.303 bits per heavy atom. The molecular weight excluding hydrogens is 1090 g/mol. The minimum absolute atomic E-state index is 0.0252. The lowest BCUT2D eigenvalue weighted by Crippen LogP contribution is -2.45. The van der Waals surface area contributed by atoms with Crippen LogP contribution in [0.4, 0.5) is 0 Å². The Labute approximate surface area is 559 Å². The van der Waals surface area contributed by atoms with Gasteiger partial charge < -0.3 is 20.3 Å². The second-order valence-corrected chi connectivity index (χ2v) is 28.8. The van der Waals surface area contributed by atoms with Gasteiger partial charge in [0.05, 0.1) is 25.4 Å². The van der Waals surface area contributed by atoms with Crippen LogP contribution in [0.2, 0.25) is 0 Å². The summed E-state index contributed by atoms with van der Waals surface area (Å²) in [4.78, 5) is 24.6. The molecule has 0 spiro atoms. The lowest BCUT2D eigenvalue weighted by Gasteiger charge is -2.20. The molecule has 0 aliphatic carbocycles. The van der Waals surface area contributed by atoms with Gasteiger partial charge in [0.1, 0.15) is 0 Å². The normalized spacial score (nSPS) is 12.4. The Bertz CT molecular complexity index is 1350. The Morgan fingerprint density at radius 2 is 0.517 bits per heavy atom. The molecule has 6 heteroatoms. The molecule has 0 rings (SSSR count). The zero-order valence-corrected chi connectivity index (χ0v) is 61.0. The average Bonchev–Trinajstić information content (AvgIpc) is 3.54. The van der Waals surface area contributed by atoms with Crippen LogP contribution in [0, 0.1) is 0 Å². The van der Waals surface area contributed by atoms with Gasteiger partial charge in [0.2, 0.25) is 5.91 Å². The van der Waals surface area contributed by atoms with Crippen LogP contribution in [0.3, 0.4) is 0 Å². The molecule has 0 aromatic carbocycles. The highest BCUT2D eigenvalue weighted by Gasteiger charge is 2.18. The second-order valence-electron chi connectivity index (χ2n) is 28.8. The van der Waals surface area contributed by atoms with Crippen molar-refractivity contribution in [3.63, 3.8) is 0 Å². The molecule has 0 bridgehead atoms. The molecular formula is C83H163NO5. The molecule has 0 saturated heterocycles. The summed E-state index contributed by atoms with van der Waals surface area (Å²) in [7, 11) is 0. The third kappa shape index (κ3) is 75.5. The first-order chi connectivity index (χ1) is 44.0. The predicted molar refractivity (Wildman–Crippen MR) is 394 cm³/mol. The molecule has 0 aromatic rings. The highest BCUT2D eigenvalue weighted by molar-refractivity contribution is 5.76. The smallest absolute Gasteiger partial charge is 0.305 e. The highest BCUT2D eigenvalue weighted by Crippen LogP contribution is 2.21. The van der Waals surface area contributed by atoms with E-state index in [1.54, 1.807) is 6.08 Å². The van der Waals surface area contributed by atoms with Gasteiger partial charge >= 0.3 is 5.97 Å². The molecule has 6 nitrogen and oxygen atoms in total. The maximum Gasteiger partial charge on any atom is 0.305 e. The number of esters is 1. The molecule has 2 unspecified atom stereocenters. The standard InChI is InChI=1S/C83H163NO5/c1-3-5-7-9-11-13-15-17-18-19-20-21-22-36-39-42-45-48-52-55-59-63-67-71-75-81(86)80(79-85)84-82(87)76-72-68-64-60-56-53-49-46-43-40-37-34-32-30-28-26-24-23-25-27-29-31-33-35-38-41-44-47-50-54-58-62-66-70-74-78-89-83(88)77-73-69-65-61-57-51-16-14-12-10-8-6-4-2/h71,75,80-81,85-86H,3-70,72-74,76-79H2,1-2H3,(H,84,87)/b75-71+. The summed E-state index contributed by atoms with van der Waals surface area (Å²) in [6, 6.07) is -0.625. The van der Waals surface area contributed by atoms with Gasteiger partial charge in [-0.1, -0.05) is 450 Å². The number of amides is 1. The molecule has 0 radical (unpaired) electrons. The fourth-order valence-electron chi connectivity index (χ4n) is 13.5. The van der Waals surface area contributed by atoms with Crippen molar-refractivity contribution in [2.45, 2.75) is 495 Å². The van der Waals surface area contributed by atoms with Crippen molar-refractivity contribution in [1.29, 1.82) is 0 Å². The van der Waals surface area contributed by atoms with Crippen LogP contribution >= 0.6 is 0 Å². The molecule has 2 atom stereocenters. The van der Waals surface area contributed by atoms with E-state index in [2.05, 4.69) is 19.2 Å². The quantitative estimate of drug-likeness (QED) is 0.0320. The summed E-state index contributed by atoms with van der Waals surface area (Å²) in [6.07, 6.45) is 101. The minimum atomic E-state index is -0.842. The number of unbranched alkanes of at least 4 members (excludes halogenated alkanes) is 68. The monoisotopic (exact) mass is 1250 g/mol. The van der Waals surface area contributed by atoms with Crippen LogP contribution in [-0.4, -0.2) is 47.4 Å². The molecule has 0 saturated carbocycles. The number of rotatable bonds is 79. The molecule has 0 aliphatic heterocycles. The van der Waals surface area contributed by atoms with Crippen LogP contribution in [-0.2, 0) is 14.3 Å². The average molecular weight is 1260 g/mol. The lowest BCUT2D eigenvalue weighted by molar-refractivity contribution is -0.143. The van der Waals surface area contributed by atoms with Crippen molar-refractivity contribution >= 4 is 11.9 Å². The third-order valence-corrected chi connectivity index (χ3v) is 19.8. The van der Waals surface area contributed by atoms with Crippen LogP contribution in [0.1, 0.15) is 483 Å². The number of carbonyl (C=O) groups is 2. The number of allylic oxidation sites excluding steroid dienone is 1. The van der Waals surface area contributed by atoms with Crippen LogP contribution in [0.5, 0.6) is 0 Å². The Morgan fingerprint density at radius 3 is 0.764 bits per heavy atom. The number of hydrogen-bond donors (Lipinski definition) is 3. The van der Waals surface area contributed by atoms with E-state index in [0.717, 1.165) is 38.5 Å². The van der Waals surface area contributed by atoms with E-state index in [-0.39, 0.29) is 18.5 Å².